The second kappa shape index (κ2) is 11.5. The fraction of sp³-hybridized carbons (Fsp3) is 0.464. The van der Waals surface area contributed by atoms with Crippen LogP contribution < -0.4 is 0 Å². The van der Waals surface area contributed by atoms with E-state index in [0.717, 1.165) is 48.0 Å². The molecule has 2 aliphatic rings. The number of benzene rings is 2. The SMILES string of the molecule is Cc1[c-]c(-c2ccc3ccccc3n2)cc(C)c1.OC1CCCCC2CCCC(O)C12.[Ir]. The summed E-state index contributed by atoms with van der Waals surface area (Å²) in [5, 5.41) is 20.9. The Morgan fingerprint density at radius 3 is 2.31 bits per heavy atom. The van der Waals surface area contributed by atoms with Gasteiger partial charge in [0, 0.05) is 26.0 Å². The molecular weight excluding hydrogens is 575 g/mol. The van der Waals surface area contributed by atoms with Crippen molar-refractivity contribution in [2.45, 2.75) is 71.0 Å². The maximum Gasteiger partial charge on any atom is 0.0595 e. The van der Waals surface area contributed by atoms with Crippen LogP contribution in [-0.2, 0) is 20.1 Å². The average molecular weight is 609 g/mol. The van der Waals surface area contributed by atoms with Crippen LogP contribution in [0.3, 0.4) is 0 Å². The summed E-state index contributed by atoms with van der Waals surface area (Å²) >= 11 is 0. The monoisotopic (exact) mass is 609 g/mol. The molecule has 2 fully saturated rings. The summed E-state index contributed by atoms with van der Waals surface area (Å²) < 4.78 is 0. The number of rotatable bonds is 1. The largest absolute Gasteiger partial charge is 0.393 e. The summed E-state index contributed by atoms with van der Waals surface area (Å²) in [6.07, 6.45) is 7.31. The van der Waals surface area contributed by atoms with Crippen molar-refractivity contribution in [3.8, 4) is 11.3 Å². The Hall–Kier alpha value is -1.58. The van der Waals surface area contributed by atoms with Crippen LogP contribution in [0.2, 0.25) is 0 Å². The first-order chi connectivity index (χ1) is 15.0. The standard InChI is InChI=1S/C17H14N.C11H20O2.Ir/c1-12-9-13(2)11-15(10-12)17-8-7-14-5-3-4-6-16(14)18-17;12-9-6-2-1-4-8-5-3-7-10(13)11(8)9;/h3-10H,1-2H3;8-13H,1-7H2;/q-1;;. The molecular formula is C28H34IrNO2-. The van der Waals surface area contributed by atoms with E-state index in [4.69, 9.17) is 4.98 Å². The number of hydrogen-bond donors (Lipinski definition) is 2. The Bertz CT molecular complexity index is 1000. The molecule has 3 nitrogen and oxygen atoms in total. The Morgan fingerprint density at radius 2 is 1.53 bits per heavy atom. The van der Waals surface area contributed by atoms with Crippen molar-refractivity contribution in [3.05, 3.63) is 65.7 Å². The van der Waals surface area contributed by atoms with Crippen molar-refractivity contribution in [1.29, 1.82) is 0 Å². The zero-order valence-corrected chi connectivity index (χ0v) is 21.4. The van der Waals surface area contributed by atoms with Gasteiger partial charge < -0.3 is 10.2 Å². The molecule has 0 spiro atoms. The molecule has 0 amide bonds. The second-order valence-electron chi connectivity index (χ2n) is 9.33. The zero-order valence-electron chi connectivity index (χ0n) is 19.1. The minimum Gasteiger partial charge on any atom is -0.393 e. The summed E-state index contributed by atoms with van der Waals surface area (Å²) in [7, 11) is 0. The van der Waals surface area contributed by atoms with Crippen LogP contribution in [0, 0.1) is 31.7 Å². The number of fused-ring (bicyclic) bond motifs is 2. The van der Waals surface area contributed by atoms with Gasteiger partial charge in [-0.25, -0.2) is 0 Å². The van der Waals surface area contributed by atoms with Crippen molar-refractivity contribution in [2.75, 3.05) is 0 Å². The molecule has 0 bridgehead atoms. The predicted octanol–water partition coefficient (Wildman–Crippen LogP) is 6.01. The number of aliphatic hydroxyl groups excluding tert-OH is 2. The van der Waals surface area contributed by atoms with Gasteiger partial charge in [-0.3, -0.25) is 4.98 Å². The molecule has 173 valence electrons. The van der Waals surface area contributed by atoms with Gasteiger partial charge in [-0.05, 0) is 48.7 Å². The van der Waals surface area contributed by atoms with E-state index in [-0.39, 0.29) is 38.2 Å². The third-order valence-electron chi connectivity index (χ3n) is 6.85. The molecule has 4 unspecified atom stereocenters. The van der Waals surface area contributed by atoms with Crippen LogP contribution >= 0.6 is 0 Å². The van der Waals surface area contributed by atoms with Crippen molar-refractivity contribution in [1.82, 2.24) is 4.98 Å². The van der Waals surface area contributed by atoms with E-state index in [9.17, 15) is 10.2 Å². The van der Waals surface area contributed by atoms with Crippen LogP contribution in [-0.4, -0.2) is 27.4 Å². The third-order valence-corrected chi connectivity index (χ3v) is 6.85. The molecule has 32 heavy (non-hydrogen) atoms. The van der Waals surface area contributed by atoms with E-state index in [0.29, 0.717) is 5.92 Å². The third kappa shape index (κ3) is 6.05. The minimum absolute atomic E-state index is 0. The van der Waals surface area contributed by atoms with Crippen LogP contribution in [0.1, 0.15) is 56.1 Å². The number of aryl methyl sites for hydroxylation is 2. The minimum atomic E-state index is -0.234. The molecule has 1 aromatic heterocycles. The maximum atomic E-state index is 9.89. The molecule has 4 heteroatoms. The Labute approximate surface area is 205 Å². The van der Waals surface area contributed by atoms with E-state index in [1.807, 2.05) is 18.2 Å². The predicted molar refractivity (Wildman–Crippen MR) is 127 cm³/mol. The van der Waals surface area contributed by atoms with Gasteiger partial charge in [0.1, 0.15) is 0 Å². The quantitative estimate of drug-likeness (QED) is 0.333. The van der Waals surface area contributed by atoms with E-state index in [1.165, 1.54) is 30.2 Å². The number of para-hydroxylation sites is 1. The molecule has 5 rings (SSSR count). The zero-order chi connectivity index (χ0) is 21.8. The molecule has 3 aromatic rings. The molecule has 0 aliphatic heterocycles. The Kier molecular flexibility index (Phi) is 9.02. The van der Waals surface area contributed by atoms with Gasteiger partial charge in [0.2, 0.25) is 0 Å². The number of hydrogen-bond acceptors (Lipinski definition) is 3. The smallest absolute Gasteiger partial charge is 0.0595 e. The molecule has 2 saturated carbocycles. The van der Waals surface area contributed by atoms with Gasteiger partial charge in [-0.2, -0.15) is 0 Å². The van der Waals surface area contributed by atoms with E-state index >= 15 is 0 Å². The maximum absolute atomic E-state index is 9.89. The molecule has 2 aromatic carbocycles. The summed E-state index contributed by atoms with van der Waals surface area (Å²) in [6, 6.07) is 20.0. The van der Waals surface area contributed by atoms with Crippen molar-refractivity contribution < 1.29 is 30.3 Å². The topological polar surface area (TPSA) is 53.4 Å². The fourth-order valence-electron chi connectivity index (χ4n) is 5.40. The number of pyridine rings is 1. The number of aromatic nitrogens is 1. The van der Waals surface area contributed by atoms with Crippen LogP contribution in [0.4, 0.5) is 0 Å². The molecule has 4 atom stereocenters. The Balaban J connectivity index is 0.000000184. The van der Waals surface area contributed by atoms with Gasteiger partial charge >= 0.3 is 0 Å². The molecule has 2 N–H and O–H groups in total. The second-order valence-corrected chi connectivity index (χ2v) is 9.33. The van der Waals surface area contributed by atoms with Gasteiger partial charge in [-0.15, -0.1) is 34.9 Å². The van der Waals surface area contributed by atoms with Gasteiger partial charge in [-0.1, -0.05) is 63.4 Å². The van der Waals surface area contributed by atoms with Crippen molar-refractivity contribution in [3.63, 3.8) is 0 Å². The van der Waals surface area contributed by atoms with Crippen molar-refractivity contribution >= 4 is 10.9 Å². The van der Waals surface area contributed by atoms with Gasteiger partial charge in [0.25, 0.3) is 0 Å². The number of aliphatic hydroxyl groups is 2. The van der Waals surface area contributed by atoms with Crippen LogP contribution in [0.25, 0.3) is 22.2 Å². The Morgan fingerprint density at radius 1 is 0.844 bits per heavy atom. The van der Waals surface area contributed by atoms with Crippen LogP contribution in [0.15, 0.2) is 48.5 Å². The summed E-state index contributed by atoms with van der Waals surface area (Å²) in [5.74, 6) is 0.789. The first-order valence-electron chi connectivity index (χ1n) is 11.7. The average Bonchev–Trinajstić information content (AvgIpc) is 2.95. The molecule has 1 heterocycles. The van der Waals surface area contributed by atoms with E-state index in [1.54, 1.807) is 0 Å². The summed E-state index contributed by atoms with van der Waals surface area (Å²) in [6.45, 7) is 4.17. The fourth-order valence-corrected chi connectivity index (χ4v) is 5.40. The van der Waals surface area contributed by atoms with E-state index < -0.39 is 0 Å². The molecule has 1 radical (unpaired) electrons. The van der Waals surface area contributed by atoms with E-state index in [2.05, 4.69) is 50.2 Å². The normalized spacial score (nSPS) is 25.0. The molecule has 0 saturated heterocycles. The first kappa shape index (κ1) is 25.0. The molecule has 2 aliphatic carbocycles. The van der Waals surface area contributed by atoms with Gasteiger partial charge in [0.15, 0.2) is 0 Å². The number of nitrogens with zero attached hydrogens (tertiary/aromatic N) is 1. The first-order valence-corrected chi connectivity index (χ1v) is 11.7. The van der Waals surface area contributed by atoms with Gasteiger partial charge in [0.05, 0.1) is 17.7 Å². The summed E-state index contributed by atoms with van der Waals surface area (Å²) in [4.78, 5) is 4.70. The van der Waals surface area contributed by atoms with Crippen LogP contribution in [0.5, 0.6) is 0 Å². The summed E-state index contributed by atoms with van der Waals surface area (Å²) in [5.41, 5.74) is 5.48. The van der Waals surface area contributed by atoms with Crippen molar-refractivity contribution in [2.24, 2.45) is 11.8 Å².